The minimum Gasteiger partial charge on any atom is -0.372 e. The fraction of sp³-hybridized carbons (Fsp3) is 0. The largest absolute Gasteiger partial charge is 0.546 e. The molecular weight excluding hydrogens is 137 g/mol. The molecular formula is CH4NO5P. The van der Waals surface area contributed by atoms with Crippen LogP contribution in [0.4, 0.5) is 0 Å². The van der Waals surface area contributed by atoms with Crippen LogP contribution in [0, 0.1) is 0 Å². The third kappa shape index (κ3) is 2.70. The molecule has 48 valence electrons. The molecule has 0 saturated carbocycles. The van der Waals surface area contributed by atoms with E-state index in [1.807, 2.05) is 0 Å². The summed E-state index contributed by atoms with van der Waals surface area (Å²) in [4.78, 5) is 17.4. The average molecular weight is 141 g/mol. The van der Waals surface area contributed by atoms with Gasteiger partial charge in [0.05, 0.1) is 0 Å². The molecule has 1 unspecified atom stereocenters. The molecule has 7 heteroatoms. The van der Waals surface area contributed by atoms with Crippen molar-refractivity contribution in [3.8, 4) is 0 Å². The van der Waals surface area contributed by atoms with Crippen LogP contribution in [0.3, 0.4) is 0 Å². The predicted octanol–water partition coefficient (Wildman–Crippen LogP) is -0.850. The van der Waals surface area contributed by atoms with Crippen LogP contribution in [-0.2, 0) is 18.5 Å². The Kier molecular flexibility index (Phi) is 2.64. The van der Waals surface area contributed by atoms with Crippen LogP contribution in [-0.4, -0.2) is 11.4 Å². The summed E-state index contributed by atoms with van der Waals surface area (Å²) < 4.78 is 16.7. The van der Waals surface area contributed by atoms with E-state index in [0.29, 0.717) is 0 Å². The molecule has 0 aromatic rings. The SMILES string of the molecule is NOP(=O)(O)OC=O. The van der Waals surface area contributed by atoms with Gasteiger partial charge in [-0.1, -0.05) is 0 Å². The van der Waals surface area contributed by atoms with Crippen LogP contribution in [0.15, 0.2) is 0 Å². The molecule has 0 fully saturated rings. The molecule has 0 amide bonds. The number of nitrogens with two attached hydrogens (primary N) is 1. The lowest BCUT2D eigenvalue weighted by Gasteiger charge is -2.00. The van der Waals surface area contributed by atoms with E-state index in [-0.39, 0.29) is 6.47 Å². The minimum atomic E-state index is -4.26. The van der Waals surface area contributed by atoms with Gasteiger partial charge in [-0.05, 0) is 0 Å². The summed E-state index contributed by atoms with van der Waals surface area (Å²) in [6, 6.07) is 0. The van der Waals surface area contributed by atoms with E-state index in [4.69, 9.17) is 4.89 Å². The van der Waals surface area contributed by atoms with Gasteiger partial charge in [-0.15, -0.1) is 0 Å². The van der Waals surface area contributed by atoms with E-state index in [1.165, 1.54) is 0 Å². The normalized spacial score (nSPS) is 16.8. The summed E-state index contributed by atoms with van der Waals surface area (Å²) in [5.41, 5.74) is 0. The van der Waals surface area contributed by atoms with Crippen LogP contribution >= 0.6 is 7.82 Å². The fourth-order valence-corrected chi connectivity index (χ4v) is 0.238. The maximum absolute atomic E-state index is 9.94. The summed E-state index contributed by atoms with van der Waals surface area (Å²) in [7, 11) is -4.26. The van der Waals surface area contributed by atoms with E-state index < -0.39 is 7.82 Å². The van der Waals surface area contributed by atoms with Crippen molar-refractivity contribution < 1.29 is 23.4 Å². The van der Waals surface area contributed by atoms with Gasteiger partial charge in [0, 0.05) is 0 Å². The van der Waals surface area contributed by atoms with Gasteiger partial charge in [-0.25, -0.2) is 10.5 Å². The van der Waals surface area contributed by atoms with Crippen LogP contribution < -0.4 is 5.90 Å². The molecule has 8 heavy (non-hydrogen) atoms. The van der Waals surface area contributed by atoms with E-state index in [2.05, 4.69) is 15.0 Å². The average Bonchev–Trinajstić information content (AvgIpc) is 1.67. The zero-order valence-corrected chi connectivity index (χ0v) is 4.58. The van der Waals surface area contributed by atoms with Crippen molar-refractivity contribution in [1.29, 1.82) is 0 Å². The summed E-state index contributed by atoms with van der Waals surface area (Å²) in [5, 5.41) is 0. The molecule has 0 bridgehead atoms. The van der Waals surface area contributed by atoms with E-state index in [1.54, 1.807) is 0 Å². The van der Waals surface area contributed by atoms with Crippen LogP contribution in [0.2, 0.25) is 0 Å². The van der Waals surface area contributed by atoms with Crippen molar-refractivity contribution in [1.82, 2.24) is 0 Å². The number of carbonyl (C=O) groups excluding carboxylic acids is 1. The molecule has 0 heterocycles. The smallest absolute Gasteiger partial charge is 0.372 e. The number of phosphoric acid groups is 1. The molecule has 0 aliphatic carbocycles. The van der Waals surface area contributed by atoms with Gasteiger partial charge in [-0.3, -0.25) is 9.69 Å². The van der Waals surface area contributed by atoms with Crippen molar-refractivity contribution in [2.45, 2.75) is 0 Å². The first-order valence-electron chi connectivity index (χ1n) is 1.45. The highest BCUT2D eigenvalue weighted by Crippen LogP contribution is 2.39. The minimum absolute atomic E-state index is 0.229. The zero-order chi connectivity index (χ0) is 6.62. The Balaban J connectivity index is 3.72. The molecule has 0 rings (SSSR count). The van der Waals surface area contributed by atoms with Gasteiger partial charge >= 0.3 is 14.3 Å². The third-order valence-corrected chi connectivity index (χ3v) is 0.928. The van der Waals surface area contributed by atoms with Gasteiger partial charge in [0.15, 0.2) is 0 Å². The third-order valence-electron chi connectivity index (χ3n) is 0.309. The Morgan fingerprint density at radius 2 is 2.25 bits per heavy atom. The topological polar surface area (TPSA) is 98.8 Å². The first-order chi connectivity index (χ1) is 3.62. The molecule has 6 nitrogen and oxygen atoms in total. The van der Waals surface area contributed by atoms with Crippen molar-refractivity contribution in [2.24, 2.45) is 5.90 Å². The van der Waals surface area contributed by atoms with Gasteiger partial charge in [0.2, 0.25) is 0 Å². The molecule has 1 atom stereocenters. The Morgan fingerprint density at radius 3 is 2.38 bits per heavy atom. The molecule has 0 aliphatic rings. The molecule has 0 aliphatic heterocycles. The van der Waals surface area contributed by atoms with Crippen molar-refractivity contribution >= 4 is 14.3 Å². The van der Waals surface area contributed by atoms with Crippen LogP contribution in [0.1, 0.15) is 0 Å². The van der Waals surface area contributed by atoms with E-state index >= 15 is 0 Å². The summed E-state index contributed by atoms with van der Waals surface area (Å²) >= 11 is 0. The summed E-state index contributed by atoms with van der Waals surface area (Å²) in [6.07, 6.45) is 0. The Hall–Kier alpha value is -0.420. The number of carbonyl (C=O) groups is 1. The molecule has 0 spiro atoms. The van der Waals surface area contributed by atoms with Crippen molar-refractivity contribution in [3.05, 3.63) is 0 Å². The van der Waals surface area contributed by atoms with Crippen molar-refractivity contribution in [2.75, 3.05) is 0 Å². The second-order valence-electron chi connectivity index (χ2n) is 0.776. The van der Waals surface area contributed by atoms with Gasteiger partial charge in [-0.2, -0.15) is 4.62 Å². The fourth-order valence-electron chi connectivity index (χ4n) is 0.0792. The lowest BCUT2D eigenvalue weighted by molar-refractivity contribution is -0.122. The highest BCUT2D eigenvalue weighted by molar-refractivity contribution is 7.47. The summed E-state index contributed by atoms with van der Waals surface area (Å²) in [6.45, 7) is -0.229. The predicted molar refractivity (Wildman–Crippen MR) is 22.2 cm³/mol. The van der Waals surface area contributed by atoms with Gasteiger partial charge in [0.25, 0.3) is 0 Å². The van der Waals surface area contributed by atoms with Crippen molar-refractivity contribution in [3.63, 3.8) is 0 Å². The van der Waals surface area contributed by atoms with Crippen LogP contribution in [0.25, 0.3) is 0 Å². The Morgan fingerprint density at radius 1 is 1.75 bits per heavy atom. The lowest BCUT2D eigenvalue weighted by Crippen LogP contribution is -1.98. The van der Waals surface area contributed by atoms with Gasteiger partial charge < -0.3 is 4.52 Å². The highest BCUT2D eigenvalue weighted by atomic mass is 31.2. The molecule has 0 aromatic heterocycles. The number of phosphoric ester groups is 1. The highest BCUT2D eigenvalue weighted by Gasteiger charge is 2.18. The van der Waals surface area contributed by atoms with E-state index in [0.717, 1.165) is 0 Å². The Labute approximate surface area is 44.8 Å². The molecule has 0 aromatic carbocycles. The maximum atomic E-state index is 9.94. The van der Waals surface area contributed by atoms with Gasteiger partial charge in [0.1, 0.15) is 0 Å². The first kappa shape index (κ1) is 7.58. The zero-order valence-electron chi connectivity index (χ0n) is 3.68. The molecule has 0 saturated heterocycles. The van der Waals surface area contributed by atoms with E-state index in [9.17, 15) is 9.36 Å². The standard InChI is InChI=1S/CH4NO5P/c2-7-8(4,5)6-1-3/h1H,2H2,(H,4,5). The quantitative estimate of drug-likeness (QED) is 0.301. The maximum Gasteiger partial charge on any atom is 0.546 e. The second kappa shape index (κ2) is 2.78. The number of hydrogen-bond acceptors (Lipinski definition) is 5. The molecule has 0 radical (unpaired) electrons. The number of hydrogen-bond donors (Lipinski definition) is 2. The lowest BCUT2D eigenvalue weighted by atomic mass is 11.7. The van der Waals surface area contributed by atoms with Crippen LogP contribution in [0.5, 0.6) is 0 Å². The monoisotopic (exact) mass is 141 g/mol. The summed E-state index contributed by atoms with van der Waals surface area (Å²) in [5.74, 6) is 4.20. The number of rotatable bonds is 3. The second-order valence-corrected chi connectivity index (χ2v) is 2.13. The molecule has 3 N–H and O–H groups in total. The Bertz CT molecular complexity index is 122. The first-order valence-corrected chi connectivity index (χ1v) is 2.95.